The Labute approximate surface area is 88.7 Å². The van der Waals surface area contributed by atoms with Gasteiger partial charge in [0, 0.05) is 0 Å². The van der Waals surface area contributed by atoms with Crippen molar-refractivity contribution in [3.63, 3.8) is 0 Å². The Hall–Kier alpha value is -0.885. The number of benzene rings is 1. The lowest BCUT2D eigenvalue weighted by molar-refractivity contribution is 0.425. The summed E-state index contributed by atoms with van der Waals surface area (Å²) in [5, 5.41) is 23.1. The van der Waals surface area contributed by atoms with E-state index in [9.17, 15) is 8.42 Å². The second-order valence-electron chi connectivity index (χ2n) is 3.10. The van der Waals surface area contributed by atoms with E-state index in [4.69, 9.17) is 15.2 Å². The van der Waals surface area contributed by atoms with E-state index < -0.39 is 17.1 Å². The van der Waals surface area contributed by atoms with Crippen molar-refractivity contribution in [1.29, 1.82) is 0 Å². The lowest BCUT2D eigenvalue weighted by atomic mass is 9.76. The van der Waals surface area contributed by atoms with E-state index in [0.717, 1.165) is 0 Å². The highest BCUT2D eigenvalue weighted by atomic mass is 32.2. The summed E-state index contributed by atoms with van der Waals surface area (Å²) in [5.74, 6) is 0. The van der Waals surface area contributed by atoms with Crippen molar-refractivity contribution in [2.45, 2.75) is 18.2 Å². The summed E-state index contributed by atoms with van der Waals surface area (Å²) in [7, 11) is -5.52. The van der Waals surface area contributed by atoms with Gasteiger partial charge in [0.2, 0.25) is 10.0 Å². The number of hydrogen-bond donors (Lipinski definition) is 3. The number of sulfonamides is 1. The lowest BCUT2D eigenvalue weighted by Gasteiger charge is -2.10. The van der Waals surface area contributed by atoms with Gasteiger partial charge in [-0.3, -0.25) is 0 Å². The molecule has 0 heterocycles. The molecule has 7 heteroatoms. The van der Waals surface area contributed by atoms with Gasteiger partial charge in [0.15, 0.2) is 0 Å². The van der Waals surface area contributed by atoms with Crippen molar-refractivity contribution in [3.05, 3.63) is 23.8 Å². The van der Waals surface area contributed by atoms with Gasteiger partial charge in [0.05, 0.1) is 4.90 Å². The van der Waals surface area contributed by atoms with Crippen LogP contribution >= 0.6 is 0 Å². The molecule has 0 aromatic heterocycles. The van der Waals surface area contributed by atoms with E-state index in [0.29, 0.717) is 12.0 Å². The van der Waals surface area contributed by atoms with Gasteiger partial charge in [-0.05, 0) is 23.5 Å². The number of rotatable bonds is 3. The summed E-state index contributed by atoms with van der Waals surface area (Å²) in [6, 6.07) is 4.23. The zero-order valence-electron chi connectivity index (χ0n) is 8.21. The molecule has 0 amide bonds. The SMILES string of the molecule is CCc1c(B(O)O)cccc1S(N)(=O)=O. The van der Waals surface area contributed by atoms with Gasteiger partial charge in [-0.15, -0.1) is 0 Å². The van der Waals surface area contributed by atoms with Crippen LogP contribution in [0.15, 0.2) is 23.1 Å². The molecule has 4 N–H and O–H groups in total. The van der Waals surface area contributed by atoms with Crippen molar-refractivity contribution >= 4 is 22.6 Å². The van der Waals surface area contributed by atoms with Gasteiger partial charge in [0.1, 0.15) is 0 Å². The van der Waals surface area contributed by atoms with Crippen LogP contribution in [0.4, 0.5) is 0 Å². The fraction of sp³-hybridized carbons (Fsp3) is 0.250. The largest absolute Gasteiger partial charge is 0.488 e. The average Bonchev–Trinajstić information content (AvgIpc) is 2.15. The lowest BCUT2D eigenvalue weighted by Crippen LogP contribution is -2.34. The maximum atomic E-state index is 11.2. The Bertz CT molecular complexity index is 458. The van der Waals surface area contributed by atoms with Crippen LogP contribution < -0.4 is 10.6 Å². The minimum absolute atomic E-state index is 0.0596. The molecule has 1 aromatic carbocycles. The fourth-order valence-electron chi connectivity index (χ4n) is 1.47. The highest BCUT2D eigenvalue weighted by Crippen LogP contribution is 2.12. The summed E-state index contributed by atoms with van der Waals surface area (Å²) >= 11 is 0. The maximum Gasteiger partial charge on any atom is 0.488 e. The van der Waals surface area contributed by atoms with Gasteiger partial charge in [0.25, 0.3) is 0 Å². The molecular formula is C8H12BNO4S. The molecule has 1 rings (SSSR count). The quantitative estimate of drug-likeness (QED) is 0.553. The third kappa shape index (κ3) is 2.57. The second kappa shape index (κ2) is 4.32. The summed E-state index contributed by atoms with van der Waals surface area (Å²) in [6.07, 6.45) is 0.361. The summed E-state index contributed by atoms with van der Waals surface area (Å²) in [6.45, 7) is 1.72. The van der Waals surface area contributed by atoms with Crippen LogP contribution in [-0.2, 0) is 16.4 Å². The number of hydrogen-bond acceptors (Lipinski definition) is 4. The van der Waals surface area contributed by atoms with Crippen LogP contribution in [0.1, 0.15) is 12.5 Å². The maximum absolute atomic E-state index is 11.2. The Balaban J connectivity index is 3.49. The van der Waals surface area contributed by atoms with Crippen molar-refractivity contribution in [2.24, 2.45) is 5.14 Å². The van der Waals surface area contributed by atoms with Crippen LogP contribution in [0.25, 0.3) is 0 Å². The van der Waals surface area contributed by atoms with Gasteiger partial charge in [-0.25, -0.2) is 13.6 Å². The molecule has 0 bridgehead atoms. The number of nitrogens with two attached hydrogens (primary N) is 1. The molecule has 0 aliphatic rings. The number of primary sulfonamides is 1. The molecule has 0 radical (unpaired) electrons. The van der Waals surface area contributed by atoms with E-state index >= 15 is 0 Å². The molecule has 0 atom stereocenters. The predicted octanol–water partition coefficient (Wildman–Crippen LogP) is -1.42. The molecule has 1 aromatic rings. The van der Waals surface area contributed by atoms with Crippen molar-refractivity contribution in [3.8, 4) is 0 Å². The van der Waals surface area contributed by atoms with E-state index in [1.54, 1.807) is 6.92 Å². The average molecular weight is 229 g/mol. The van der Waals surface area contributed by atoms with Crippen LogP contribution in [-0.4, -0.2) is 25.6 Å². The van der Waals surface area contributed by atoms with Gasteiger partial charge >= 0.3 is 7.12 Å². The zero-order chi connectivity index (χ0) is 11.6. The molecule has 5 nitrogen and oxygen atoms in total. The van der Waals surface area contributed by atoms with Crippen molar-refractivity contribution in [2.75, 3.05) is 0 Å². The van der Waals surface area contributed by atoms with Crippen molar-refractivity contribution < 1.29 is 18.5 Å². The molecular weight excluding hydrogens is 217 g/mol. The first-order valence-corrected chi connectivity index (χ1v) is 5.93. The second-order valence-corrected chi connectivity index (χ2v) is 4.63. The molecule has 0 fully saturated rings. The molecule has 0 unspecified atom stereocenters. The van der Waals surface area contributed by atoms with Crippen LogP contribution in [0.5, 0.6) is 0 Å². The normalized spacial score (nSPS) is 11.5. The monoisotopic (exact) mass is 229 g/mol. The molecule has 0 saturated heterocycles. The minimum atomic E-state index is -3.82. The summed E-state index contributed by atoms with van der Waals surface area (Å²) < 4.78 is 22.4. The standard InChI is InChI=1S/C8H12BNO4S/c1-2-6-7(9(11)12)4-3-5-8(6)15(10,13)14/h3-5,11-12H,2H2,1H3,(H2,10,13,14). The topological polar surface area (TPSA) is 101 Å². The highest BCUT2D eigenvalue weighted by molar-refractivity contribution is 7.89. The summed E-state index contributed by atoms with van der Waals surface area (Å²) in [4.78, 5) is -0.0596. The molecule has 0 aliphatic heterocycles. The van der Waals surface area contributed by atoms with E-state index in [1.807, 2.05) is 0 Å². The Morgan fingerprint density at radius 2 is 2.00 bits per heavy atom. The molecule has 0 aliphatic carbocycles. The minimum Gasteiger partial charge on any atom is -0.423 e. The Morgan fingerprint density at radius 1 is 1.40 bits per heavy atom. The van der Waals surface area contributed by atoms with Crippen molar-refractivity contribution in [1.82, 2.24) is 0 Å². The molecule has 82 valence electrons. The van der Waals surface area contributed by atoms with Gasteiger partial charge < -0.3 is 10.0 Å². The third-order valence-electron chi connectivity index (χ3n) is 2.11. The highest BCUT2D eigenvalue weighted by Gasteiger charge is 2.21. The first-order valence-electron chi connectivity index (χ1n) is 4.38. The van der Waals surface area contributed by atoms with Crippen LogP contribution in [0.2, 0.25) is 0 Å². The third-order valence-corrected chi connectivity index (χ3v) is 3.10. The van der Waals surface area contributed by atoms with E-state index in [-0.39, 0.29) is 10.4 Å². The van der Waals surface area contributed by atoms with E-state index in [1.165, 1.54) is 18.2 Å². The van der Waals surface area contributed by atoms with Gasteiger partial charge in [-0.1, -0.05) is 19.1 Å². The molecule has 0 spiro atoms. The Morgan fingerprint density at radius 3 is 2.40 bits per heavy atom. The predicted molar refractivity (Wildman–Crippen MR) is 57.0 cm³/mol. The molecule has 0 saturated carbocycles. The van der Waals surface area contributed by atoms with E-state index in [2.05, 4.69) is 0 Å². The first-order chi connectivity index (χ1) is 6.88. The molecule has 15 heavy (non-hydrogen) atoms. The smallest absolute Gasteiger partial charge is 0.423 e. The Kier molecular flexibility index (Phi) is 3.51. The summed E-state index contributed by atoms with van der Waals surface area (Å²) in [5.41, 5.74) is 0.513. The van der Waals surface area contributed by atoms with Crippen LogP contribution in [0, 0.1) is 0 Å². The fourth-order valence-corrected chi connectivity index (χ4v) is 2.34. The van der Waals surface area contributed by atoms with Crippen LogP contribution in [0.3, 0.4) is 0 Å². The van der Waals surface area contributed by atoms with Gasteiger partial charge in [-0.2, -0.15) is 0 Å². The zero-order valence-corrected chi connectivity index (χ0v) is 9.03. The first kappa shape index (κ1) is 12.2.